The second kappa shape index (κ2) is 10.2. The van der Waals surface area contributed by atoms with Gasteiger partial charge in [0.25, 0.3) is 0 Å². The molecule has 1 unspecified atom stereocenters. The third kappa shape index (κ3) is 5.05. The smallest absolute Gasteiger partial charge is 0.114 e. The molecule has 0 radical (unpaired) electrons. The molecule has 34 heavy (non-hydrogen) atoms. The first-order valence-electron chi connectivity index (χ1n) is 13.6. The Labute approximate surface area is 205 Å². The van der Waals surface area contributed by atoms with Crippen LogP contribution in [0.25, 0.3) is 0 Å². The summed E-state index contributed by atoms with van der Waals surface area (Å²) in [6.07, 6.45) is 14.9. The van der Waals surface area contributed by atoms with Crippen LogP contribution in [0.4, 0.5) is 0 Å². The predicted octanol–water partition coefficient (Wildman–Crippen LogP) is 4.90. The third-order valence-corrected chi connectivity index (χ3v) is 9.46. The van der Waals surface area contributed by atoms with E-state index in [9.17, 15) is 15.3 Å². The van der Waals surface area contributed by atoms with Gasteiger partial charge in [-0.05, 0) is 87.4 Å². The minimum Gasteiger partial charge on any atom is -0.393 e. The van der Waals surface area contributed by atoms with Crippen LogP contribution in [0, 0.1) is 23.2 Å². The molecule has 1 aromatic heterocycles. The zero-order valence-electron chi connectivity index (χ0n) is 21.6. The number of fused-ring (bicyclic) bond motifs is 1. The van der Waals surface area contributed by atoms with Crippen LogP contribution in [0.3, 0.4) is 0 Å². The van der Waals surface area contributed by atoms with Crippen molar-refractivity contribution in [3.05, 3.63) is 35.2 Å². The van der Waals surface area contributed by atoms with Gasteiger partial charge in [-0.3, -0.25) is 4.68 Å². The van der Waals surface area contributed by atoms with E-state index in [-0.39, 0.29) is 0 Å². The Kier molecular flexibility index (Phi) is 7.70. The molecule has 0 aromatic carbocycles. The van der Waals surface area contributed by atoms with Crippen molar-refractivity contribution in [2.75, 3.05) is 0 Å². The summed E-state index contributed by atoms with van der Waals surface area (Å²) < 4.78 is 1.94. The fourth-order valence-corrected chi connectivity index (χ4v) is 7.38. The van der Waals surface area contributed by atoms with Gasteiger partial charge in [0.15, 0.2) is 0 Å². The Hall–Kier alpha value is -1.50. The van der Waals surface area contributed by atoms with Gasteiger partial charge in [-0.1, -0.05) is 56.2 Å². The fraction of sp³-hybridized carbons (Fsp3) is 0.786. The molecule has 3 saturated carbocycles. The molecule has 3 aliphatic carbocycles. The van der Waals surface area contributed by atoms with E-state index in [0.717, 1.165) is 13.0 Å². The molecular formula is C28H45N3O3. The van der Waals surface area contributed by atoms with E-state index in [1.807, 2.05) is 24.7 Å². The molecule has 0 spiro atoms. The van der Waals surface area contributed by atoms with Gasteiger partial charge in [-0.25, -0.2) is 0 Å². The van der Waals surface area contributed by atoms with Crippen LogP contribution in [0.1, 0.15) is 97.6 Å². The lowest BCUT2D eigenvalue weighted by Crippen LogP contribution is -2.37. The zero-order valence-corrected chi connectivity index (χ0v) is 21.6. The van der Waals surface area contributed by atoms with Crippen LogP contribution >= 0.6 is 0 Å². The van der Waals surface area contributed by atoms with Gasteiger partial charge in [0.1, 0.15) is 11.3 Å². The molecule has 3 aliphatic rings. The first-order chi connectivity index (χ1) is 16.2. The summed E-state index contributed by atoms with van der Waals surface area (Å²) in [6, 6.07) is 0. The van der Waals surface area contributed by atoms with E-state index in [0.29, 0.717) is 61.0 Å². The molecule has 0 bridgehead atoms. The van der Waals surface area contributed by atoms with Gasteiger partial charge in [0.05, 0.1) is 18.4 Å². The van der Waals surface area contributed by atoms with Gasteiger partial charge < -0.3 is 15.3 Å². The molecule has 1 aromatic rings. The Balaban J connectivity index is 1.46. The lowest BCUT2D eigenvalue weighted by Gasteiger charge is -2.44. The lowest BCUT2D eigenvalue weighted by molar-refractivity contribution is 0.0238. The minimum atomic E-state index is -0.881. The van der Waals surface area contributed by atoms with Crippen LogP contribution in [0.15, 0.2) is 29.5 Å². The first-order valence-corrected chi connectivity index (χ1v) is 13.6. The Morgan fingerprint density at radius 3 is 2.56 bits per heavy atom. The maximum absolute atomic E-state index is 10.8. The summed E-state index contributed by atoms with van der Waals surface area (Å²) in [5.74, 6) is 1.74. The molecule has 6 heteroatoms. The van der Waals surface area contributed by atoms with E-state index in [1.54, 1.807) is 5.57 Å². The number of hydrogen-bond donors (Lipinski definition) is 3. The van der Waals surface area contributed by atoms with Gasteiger partial charge in [0.2, 0.25) is 0 Å². The van der Waals surface area contributed by atoms with Crippen molar-refractivity contribution in [2.45, 2.75) is 116 Å². The van der Waals surface area contributed by atoms with E-state index < -0.39 is 17.8 Å². The van der Waals surface area contributed by atoms with Crippen molar-refractivity contribution in [3.63, 3.8) is 0 Å². The first kappa shape index (κ1) is 25.6. The maximum atomic E-state index is 10.8. The highest BCUT2D eigenvalue weighted by Gasteiger charge is 2.50. The summed E-state index contributed by atoms with van der Waals surface area (Å²) in [6.45, 7) is 9.68. The number of rotatable bonds is 7. The van der Waals surface area contributed by atoms with Gasteiger partial charge in [-0.2, -0.15) is 0 Å². The highest BCUT2D eigenvalue weighted by molar-refractivity contribution is 5.26. The normalized spacial score (nSPS) is 34.3. The number of aromatic nitrogens is 3. The number of aliphatic hydroxyl groups is 3. The van der Waals surface area contributed by atoms with E-state index >= 15 is 0 Å². The average molecular weight is 472 g/mol. The molecule has 6 atom stereocenters. The van der Waals surface area contributed by atoms with E-state index in [2.05, 4.69) is 36.3 Å². The summed E-state index contributed by atoms with van der Waals surface area (Å²) in [5.41, 5.74) is 2.84. The molecule has 6 nitrogen and oxygen atoms in total. The van der Waals surface area contributed by atoms with Crippen molar-refractivity contribution in [2.24, 2.45) is 23.2 Å². The van der Waals surface area contributed by atoms with Gasteiger partial charge >= 0.3 is 0 Å². The van der Waals surface area contributed by atoms with Gasteiger partial charge in [0, 0.05) is 6.54 Å². The molecule has 0 saturated heterocycles. The zero-order chi connectivity index (χ0) is 24.5. The molecule has 3 fully saturated rings. The van der Waals surface area contributed by atoms with Crippen LogP contribution in [0.2, 0.25) is 0 Å². The second-order valence-corrected chi connectivity index (χ2v) is 11.7. The molecule has 3 N–H and O–H groups in total. The highest BCUT2D eigenvalue weighted by atomic mass is 16.3. The SMILES string of the molecule is CCC(O)(CC)c1cn(CC(C)[C@H]2CC[C@H]3/C(=C/C=C4C[C@@H](O)C[C@H](O)C4)CCC[C@]23C)nn1. The molecule has 1 heterocycles. The Bertz CT molecular complexity index is 890. The number of nitrogens with zero attached hydrogens (tertiary/aromatic N) is 3. The van der Waals surface area contributed by atoms with Crippen molar-refractivity contribution in [3.8, 4) is 0 Å². The van der Waals surface area contributed by atoms with Crippen molar-refractivity contribution < 1.29 is 15.3 Å². The molecular weight excluding hydrogens is 426 g/mol. The number of hydrogen-bond acceptors (Lipinski definition) is 5. The largest absolute Gasteiger partial charge is 0.393 e. The van der Waals surface area contributed by atoms with Crippen molar-refractivity contribution in [1.29, 1.82) is 0 Å². The summed E-state index contributed by atoms with van der Waals surface area (Å²) >= 11 is 0. The summed E-state index contributed by atoms with van der Waals surface area (Å²) in [7, 11) is 0. The highest BCUT2D eigenvalue weighted by Crippen LogP contribution is 2.59. The van der Waals surface area contributed by atoms with Crippen LogP contribution in [-0.2, 0) is 12.1 Å². The predicted molar refractivity (Wildman–Crippen MR) is 134 cm³/mol. The van der Waals surface area contributed by atoms with Crippen LogP contribution in [-0.4, -0.2) is 42.5 Å². The maximum Gasteiger partial charge on any atom is 0.114 e. The van der Waals surface area contributed by atoms with E-state index in [1.165, 1.54) is 31.3 Å². The third-order valence-electron chi connectivity index (χ3n) is 9.46. The van der Waals surface area contributed by atoms with Gasteiger partial charge in [-0.15, -0.1) is 5.10 Å². The molecule has 4 rings (SSSR count). The second-order valence-electron chi connectivity index (χ2n) is 11.7. The summed E-state index contributed by atoms with van der Waals surface area (Å²) in [4.78, 5) is 0. The van der Waals surface area contributed by atoms with Crippen molar-refractivity contribution >= 4 is 0 Å². The quantitative estimate of drug-likeness (QED) is 0.526. The Morgan fingerprint density at radius 2 is 1.88 bits per heavy atom. The lowest BCUT2D eigenvalue weighted by atomic mass is 9.61. The summed E-state index contributed by atoms with van der Waals surface area (Å²) in [5, 5.41) is 39.5. The average Bonchev–Trinajstić information content (AvgIpc) is 3.41. The topological polar surface area (TPSA) is 91.4 Å². The van der Waals surface area contributed by atoms with E-state index in [4.69, 9.17) is 0 Å². The number of aliphatic hydroxyl groups excluding tert-OH is 2. The molecule has 190 valence electrons. The van der Waals surface area contributed by atoms with Crippen LogP contribution < -0.4 is 0 Å². The Morgan fingerprint density at radius 1 is 1.18 bits per heavy atom. The fourth-order valence-electron chi connectivity index (χ4n) is 7.38. The monoisotopic (exact) mass is 471 g/mol. The van der Waals surface area contributed by atoms with Crippen molar-refractivity contribution in [1.82, 2.24) is 15.0 Å². The standard InChI is InChI=1S/C28H45N3O3/c1-5-28(34,6-2)26-18-31(30-29-26)17-19(3)24-11-12-25-21(8-7-13-27(24,25)4)10-9-20-14-22(32)16-23(33)15-20/h9-10,18-19,22-25,32-34H,5-8,11-17H2,1-4H3/b21-10+/t19?,22-,23-,24-,25+,27-/m1/s1. The molecule has 0 amide bonds. The minimum absolute atomic E-state index is 0.296. The number of allylic oxidation sites excluding steroid dienone is 3. The van der Waals surface area contributed by atoms with Crippen LogP contribution in [0.5, 0.6) is 0 Å². The molecule has 0 aliphatic heterocycles.